The van der Waals surface area contributed by atoms with Gasteiger partial charge in [-0.1, -0.05) is 47.6 Å². The van der Waals surface area contributed by atoms with E-state index in [1.54, 1.807) is 23.9 Å². The van der Waals surface area contributed by atoms with Crippen LogP contribution in [0.1, 0.15) is 30.3 Å². The number of aromatic amines is 1. The normalized spacial score (nSPS) is 12.0. The number of aliphatic hydroxyl groups is 1. The number of amides is 1. The van der Waals surface area contributed by atoms with Gasteiger partial charge in [0.25, 0.3) is 5.91 Å². The van der Waals surface area contributed by atoms with Crippen molar-refractivity contribution >= 4 is 40.2 Å². The Morgan fingerprint density at radius 2 is 1.97 bits per heavy atom. The first-order chi connectivity index (χ1) is 15.0. The van der Waals surface area contributed by atoms with Gasteiger partial charge in [0, 0.05) is 38.9 Å². The zero-order valence-electron chi connectivity index (χ0n) is 16.8. The molecule has 0 saturated heterocycles. The van der Waals surface area contributed by atoms with Crippen LogP contribution in [0.4, 0.5) is 0 Å². The molecule has 5 nitrogen and oxygen atoms in total. The predicted octanol–water partition coefficient (Wildman–Crippen LogP) is 6.04. The number of rotatable bonds is 7. The van der Waals surface area contributed by atoms with E-state index in [0.29, 0.717) is 16.3 Å². The quantitative estimate of drug-likeness (QED) is 0.298. The summed E-state index contributed by atoms with van der Waals surface area (Å²) in [7, 11) is 0. The lowest BCUT2D eigenvalue weighted by molar-refractivity contribution is 0.0941. The molecule has 7 heteroatoms. The molecule has 1 amide bonds. The molecule has 4 rings (SSSR count). The standard InChI is InChI=1S/C24H21ClN2O3S.H2/c1-15(16-8-10-18(11-9-16)30-14-28)27-24(29)20-6-3-7-21-23(20)22(13-26-21)31-19-5-2-4-17(25)12-19;/h2-13,15,26,28H,14H2,1H3,(H,27,29);1H/t15-;/m0./s1. The van der Waals surface area contributed by atoms with Crippen LogP contribution in [-0.4, -0.2) is 22.8 Å². The van der Waals surface area contributed by atoms with E-state index in [1.165, 1.54) is 0 Å². The highest BCUT2D eigenvalue weighted by Gasteiger charge is 2.18. The summed E-state index contributed by atoms with van der Waals surface area (Å²) in [5.74, 6) is 0.422. The van der Waals surface area contributed by atoms with Crippen LogP contribution in [-0.2, 0) is 0 Å². The Bertz CT molecular complexity index is 1210. The Kier molecular flexibility index (Phi) is 6.51. The zero-order chi connectivity index (χ0) is 21.8. The fourth-order valence-corrected chi connectivity index (χ4v) is 4.65. The minimum absolute atomic E-state index is 0. The highest BCUT2D eigenvalue weighted by molar-refractivity contribution is 7.99. The fraction of sp³-hybridized carbons (Fsp3) is 0.125. The summed E-state index contributed by atoms with van der Waals surface area (Å²) in [5.41, 5.74) is 2.44. The molecule has 0 bridgehead atoms. The van der Waals surface area contributed by atoms with Crippen molar-refractivity contribution in [2.45, 2.75) is 22.8 Å². The maximum absolute atomic E-state index is 13.2. The van der Waals surface area contributed by atoms with Crippen LogP contribution < -0.4 is 10.1 Å². The van der Waals surface area contributed by atoms with Gasteiger partial charge in [-0.15, -0.1) is 0 Å². The first-order valence-electron chi connectivity index (χ1n) is 9.73. The Labute approximate surface area is 190 Å². The van der Waals surface area contributed by atoms with Crippen molar-refractivity contribution in [3.63, 3.8) is 0 Å². The summed E-state index contributed by atoms with van der Waals surface area (Å²) < 4.78 is 5.05. The SMILES string of the molecule is C[C@H](NC(=O)c1cccc2[nH]cc(Sc3cccc(Cl)c3)c12)c1ccc(OCO)cc1.[HH]. The van der Waals surface area contributed by atoms with Gasteiger partial charge in [0.05, 0.1) is 6.04 Å². The topological polar surface area (TPSA) is 74.4 Å². The summed E-state index contributed by atoms with van der Waals surface area (Å²) in [6.07, 6.45) is 1.91. The molecule has 1 atom stereocenters. The second kappa shape index (κ2) is 9.47. The fourth-order valence-electron chi connectivity index (χ4n) is 3.37. The molecule has 160 valence electrons. The molecule has 0 spiro atoms. The van der Waals surface area contributed by atoms with E-state index in [4.69, 9.17) is 21.4 Å². The second-order valence-corrected chi connectivity index (χ2v) is 8.53. The molecule has 0 unspecified atom stereocenters. The van der Waals surface area contributed by atoms with E-state index in [1.807, 2.05) is 67.7 Å². The highest BCUT2D eigenvalue weighted by Crippen LogP contribution is 2.36. The van der Waals surface area contributed by atoms with E-state index in [0.717, 1.165) is 26.3 Å². The van der Waals surface area contributed by atoms with E-state index < -0.39 is 0 Å². The van der Waals surface area contributed by atoms with Crippen molar-refractivity contribution in [3.8, 4) is 5.75 Å². The predicted molar refractivity (Wildman–Crippen MR) is 126 cm³/mol. The molecular formula is C24H23ClN2O3S. The molecule has 0 saturated carbocycles. The minimum Gasteiger partial charge on any atom is -0.468 e. The molecule has 4 aromatic rings. The van der Waals surface area contributed by atoms with Crippen LogP contribution in [0.3, 0.4) is 0 Å². The number of benzene rings is 3. The van der Waals surface area contributed by atoms with E-state index in [-0.39, 0.29) is 20.2 Å². The molecule has 0 radical (unpaired) electrons. The van der Waals surface area contributed by atoms with Crippen molar-refractivity contribution in [1.29, 1.82) is 0 Å². The van der Waals surface area contributed by atoms with Crippen LogP contribution in [0.2, 0.25) is 5.02 Å². The van der Waals surface area contributed by atoms with Crippen molar-refractivity contribution in [2.24, 2.45) is 0 Å². The number of halogens is 1. The number of H-pyrrole nitrogens is 1. The summed E-state index contributed by atoms with van der Waals surface area (Å²) in [6, 6.07) is 20.4. The van der Waals surface area contributed by atoms with Crippen LogP contribution in [0, 0.1) is 0 Å². The Morgan fingerprint density at radius 1 is 1.19 bits per heavy atom. The van der Waals surface area contributed by atoms with Crippen LogP contribution >= 0.6 is 23.4 Å². The molecule has 31 heavy (non-hydrogen) atoms. The molecule has 0 aliphatic heterocycles. The largest absolute Gasteiger partial charge is 0.468 e. The lowest BCUT2D eigenvalue weighted by Gasteiger charge is -2.16. The number of aliphatic hydroxyl groups excluding tert-OH is 1. The van der Waals surface area contributed by atoms with Gasteiger partial charge in [0.15, 0.2) is 6.79 Å². The lowest BCUT2D eigenvalue weighted by Crippen LogP contribution is -2.26. The smallest absolute Gasteiger partial charge is 0.252 e. The molecule has 0 aliphatic carbocycles. The number of ether oxygens (including phenoxy) is 1. The molecule has 0 aliphatic rings. The van der Waals surface area contributed by atoms with E-state index in [9.17, 15) is 4.79 Å². The maximum atomic E-state index is 13.2. The van der Waals surface area contributed by atoms with Gasteiger partial charge >= 0.3 is 0 Å². The summed E-state index contributed by atoms with van der Waals surface area (Å²) in [4.78, 5) is 18.4. The van der Waals surface area contributed by atoms with Crippen molar-refractivity contribution < 1.29 is 16.1 Å². The van der Waals surface area contributed by atoms with E-state index >= 15 is 0 Å². The average molecular weight is 455 g/mol. The van der Waals surface area contributed by atoms with Crippen molar-refractivity contribution in [3.05, 3.63) is 89.1 Å². The number of carbonyl (C=O) groups is 1. The lowest BCUT2D eigenvalue weighted by atomic mass is 10.1. The molecule has 0 fully saturated rings. The number of hydrogen-bond donors (Lipinski definition) is 3. The Balaban J connectivity index is 0.00000289. The third-order valence-electron chi connectivity index (χ3n) is 4.90. The Morgan fingerprint density at radius 3 is 2.71 bits per heavy atom. The van der Waals surface area contributed by atoms with Crippen LogP contribution in [0.25, 0.3) is 10.9 Å². The van der Waals surface area contributed by atoms with Gasteiger partial charge in [0.1, 0.15) is 5.75 Å². The third-order valence-corrected chi connectivity index (χ3v) is 6.16. The zero-order valence-corrected chi connectivity index (χ0v) is 18.3. The van der Waals surface area contributed by atoms with Crippen LogP contribution in [0.15, 0.2) is 82.7 Å². The molecule has 1 heterocycles. The molecule has 3 aromatic carbocycles. The number of fused-ring (bicyclic) bond motifs is 1. The van der Waals surface area contributed by atoms with Crippen LogP contribution in [0.5, 0.6) is 5.75 Å². The van der Waals surface area contributed by atoms with Gasteiger partial charge in [-0.2, -0.15) is 0 Å². The minimum atomic E-state index is -0.373. The van der Waals surface area contributed by atoms with E-state index in [2.05, 4.69) is 10.3 Å². The summed E-state index contributed by atoms with van der Waals surface area (Å²) in [6.45, 7) is 1.56. The summed E-state index contributed by atoms with van der Waals surface area (Å²) in [5, 5.41) is 13.5. The summed E-state index contributed by atoms with van der Waals surface area (Å²) >= 11 is 7.68. The molecular weight excluding hydrogens is 432 g/mol. The highest BCUT2D eigenvalue weighted by atomic mass is 35.5. The third kappa shape index (κ3) is 4.88. The first-order valence-corrected chi connectivity index (χ1v) is 10.9. The van der Waals surface area contributed by atoms with Gasteiger partial charge in [-0.05, 0) is 55.0 Å². The second-order valence-electron chi connectivity index (χ2n) is 6.98. The molecule has 1 aromatic heterocycles. The van der Waals surface area contributed by atoms with Gasteiger partial charge in [0.2, 0.25) is 0 Å². The van der Waals surface area contributed by atoms with Crippen molar-refractivity contribution in [2.75, 3.05) is 6.79 Å². The van der Waals surface area contributed by atoms with Gasteiger partial charge in [-0.25, -0.2) is 0 Å². The maximum Gasteiger partial charge on any atom is 0.252 e. The average Bonchev–Trinajstić information content (AvgIpc) is 3.17. The van der Waals surface area contributed by atoms with Gasteiger partial charge in [-0.3, -0.25) is 4.79 Å². The first kappa shape index (κ1) is 21.3. The molecule has 3 N–H and O–H groups in total. The van der Waals surface area contributed by atoms with Gasteiger partial charge < -0.3 is 20.1 Å². The number of aromatic nitrogens is 1. The number of carbonyl (C=O) groups excluding carboxylic acids is 1. The Hall–Kier alpha value is -2.93. The number of nitrogens with one attached hydrogen (secondary N) is 2. The number of hydrogen-bond acceptors (Lipinski definition) is 4. The van der Waals surface area contributed by atoms with Crippen molar-refractivity contribution in [1.82, 2.24) is 10.3 Å². The monoisotopic (exact) mass is 454 g/mol.